The van der Waals surface area contributed by atoms with Gasteiger partial charge in [0.15, 0.2) is 0 Å². The number of carbonyl (C=O) groups excluding carboxylic acids is 1. The molecule has 2 aliphatic rings. The summed E-state index contributed by atoms with van der Waals surface area (Å²) in [4.78, 5) is 20.7. The van der Waals surface area contributed by atoms with Gasteiger partial charge in [0.1, 0.15) is 6.10 Å². The zero-order valence-corrected chi connectivity index (χ0v) is 16.1. The molecule has 0 aromatic carbocycles. The van der Waals surface area contributed by atoms with E-state index in [0.29, 0.717) is 18.2 Å². The smallest absolute Gasteiger partial charge is 0.223 e. The van der Waals surface area contributed by atoms with Gasteiger partial charge in [0.2, 0.25) is 11.8 Å². The van der Waals surface area contributed by atoms with E-state index in [0.717, 1.165) is 58.7 Å². The van der Waals surface area contributed by atoms with Crippen LogP contribution in [-0.2, 0) is 4.79 Å². The number of hydrogen-bond donors (Lipinski definition) is 1. The quantitative estimate of drug-likeness (QED) is 0.826. The summed E-state index contributed by atoms with van der Waals surface area (Å²) >= 11 is 0. The number of nitrogens with one attached hydrogen (secondary N) is 1. The predicted molar refractivity (Wildman–Crippen MR) is 103 cm³/mol. The van der Waals surface area contributed by atoms with Crippen LogP contribution in [0, 0.1) is 0 Å². The first-order valence-electron chi connectivity index (χ1n) is 8.60. The van der Waals surface area contributed by atoms with E-state index in [9.17, 15) is 4.79 Å². The van der Waals surface area contributed by atoms with Gasteiger partial charge in [-0.1, -0.05) is 6.07 Å². The maximum Gasteiger partial charge on any atom is 0.223 e. The van der Waals surface area contributed by atoms with E-state index in [2.05, 4.69) is 15.2 Å². The molecule has 1 aromatic rings. The van der Waals surface area contributed by atoms with Gasteiger partial charge in [-0.15, -0.1) is 24.8 Å². The number of rotatable bonds is 5. The highest BCUT2D eigenvalue weighted by Crippen LogP contribution is 2.17. The van der Waals surface area contributed by atoms with Crippen LogP contribution in [0.4, 0.5) is 0 Å². The van der Waals surface area contributed by atoms with Gasteiger partial charge >= 0.3 is 0 Å². The summed E-state index contributed by atoms with van der Waals surface area (Å²) < 4.78 is 5.90. The standard InChI is InChI=1S/C17H26N4O2.2ClH/c22-17(21-13-8-18-9-14-21)6-12-20-10-4-15(5-11-20)23-16-3-1-2-7-19-16;;/h1-3,7,15,18H,4-6,8-14H2;2*1H. The summed E-state index contributed by atoms with van der Waals surface area (Å²) in [5.41, 5.74) is 0. The predicted octanol–water partition coefficient (Wildman–Crippen LogP) is 1.59. The SMILES string of the molecule is Cl.Cl.O=C(CCN1CCC(Oc2ccccn2)CC1)N1CCNCC1. The third-order valence-electron chi connectivity index (χ3n) is 4.57. The summed E-state index contributed by atoms with van der Waals surface area (Å²) in [6, 6.07) is 5.74. The van der Waals surface area contributed by atoms with Crippen LogP contribution < -0.4 is 10.1 Å². The van der Waals surface area contributed by atoms with Gasteiger partial charge < -0.3 is 19.9 Å². The van der Waals surface area contributed by atoms with Crippen LogP contribution in [0.1, 0.15) is 19.3 Å². The maximum absolute atomic E-state index is 12.2. The number of aromatic nitrogens is 1. The van der Waals surface area contributed by atoms with Crippen molar-refractivity contribution in [3.63, 3.8) is 0 Å². The molecule has 25 heavy (non-hydrogen) atoms. The number of amides is 1. The molecule has 6 nitrogen and oxygen atoms in total. The zero-order chi connectivity index (χ0) is 15.9. The number of piperidine rings is 1. The van der Waals surface area contributed by atoms with E-state index in [-0.39, 0.29) is 30.9 Å². The fourth-order valence-electron chi connectivity index (χ4n) is 3.16. The number of piperazine rings is 1. The fraction of sp³-hybridized carbons (Fsp3) is 0.647. The number of likely N-dealkylation sites (tertiary alicyclic amines) is 1. The largest absolute Gasteiger partial charge is 0.474 e. The zero-order valence-electron chi connectivity index (χ0n) is 14.4. The molecule has 0 spiro atoms. The molecule has 8 heteroatoms. The first kappa shape index (κ1) is 22.0. The highest BCUT2D eigenvalue weighted by molar-refractivity contribution is 5.85. The van der Waals surface area contributed by atoms with Crippen molar-refractivity contribution in [1.82, 2.24) is 20.1 Å². The average Bonchev–Trinajstić information content (AvgIpc) is 2.62. The Morgan fingerprint density at radius 3 is 2.52 bits per heavy atom. The summed E-state index contributed by atoms with van der Waals surface area (Å²) in [6.45, 7) is 6.37. The first-order chi connectivity index (χ1) is 11.3. The number of halogens is 2. The van der Waals surface area contributed by atoms with Crippen LogP contribution in [0.5, 0.6) is 5.88 Å². The molecular formula is C17H28Cl2N4O2. The van der Waals surface area contributed by atoms with E-state index in [4.69, 9.17) is 4.74 Å². The Balaban J connectivity index is 0.00000156. The summed E-state index contributed by atoms with van der Waals surface area (Å²) in [7, 11) is 0. The molecule has 0 aliphatic carbocycles. The lowest BCUT2D eigenvalue weighted by molar-refractivity contribution is -0.132. The van der Waals surface area contributed by atoms with Gasteiger partial charge in [0.05, 0.1) is 0 Å². The van der Waals surface area contributed by atoms with Crippen LogP contribution in [0.3, 0.4) is 0 Å². The minimum atomic E-state index is 0. The van der Waals surface area contributed by atoms with Crippen molar-refractivity contribution in [1.29, 1.82) is 0 Å². The molecule has 2 saturated heterocycles. The molecule has 0 unspecified atom stereocenters. The van der Waals surface area contributed by atoms with Crippen molar-refractivity contribution < 1.29 is 9.53 Å². The van der Waals surface area contributed by atoms with Crippen molar-refractivity contribution in [2.75, 3.05) is 45.8 Å². The van der Waals surface area contributed by atoms with Crippen LogP contribution in [0.15, 0.2) is 24.4 Å². The minimum Gasteiger partial charge on any atom is -0.474 e. The average molecular weight is 391 g/mol. The highest BCUT2D eigenvalue weighted by atomic mass is 35.5. The van der Waals surface area contributed by atoms with Gasteiger partial charge in [0.25, 0.3) is 0 Å². The number of nitrogens with zero attached hydrogens (tertiary/aromatic N) is 3. The van der Waals surface area contributed by atoms with E-state index in [1.54, 1.807) is 6.20 Å². The minimum absolute atomic E-state index is 0. The maximum atomic E-state index is 12.2. The van der Waals surface area contributed by atoms with Crippen molar-refractivity contribution in [2.45, 2.75) is 25.4 Å². The molecule has 0 atom stereocenters. The van der Waals surface area contributed by atoms with Crippen LogP contribution in [0.25, 0.3) is 0 Å². The van der Waals surface area contributed by atoms with Crippen LogP contribution in [0.2, 0.25) is 0 Å². The second kappa shape index (κ2) is 11.5. The summed E-state index contributed by atoms with van der Waals surface area (Å²) in [5.74, 6) is 0.998. The number of hydrogen-bond acceptors (Lipinski definition) is 5. The lowest BCUT2D eigenvalue weighted by atomic mass is 10.1. The highest BCUT2D eigenvalue weighted by Gasteiger charge is 2.22. The number of carbonyl (C=O) groups is 1. The molecule has 1 N–H and O–H groups in total. The van der Waals surface area contributed by atoms with E-state index < -0.39 is 0 Å². The van der Waals surface area contributed by atoms with Crippen LogP contribution >= 0.6 is 24.8 Å². The van der Waals surface area contributed by atoms with Crippen molar-refractivity contribution in [3.8, 4) is 5.88 Å². The Bertz CT molecular complexity index is 493. The monoisotopic (exact) mass is 390 g/mol. The van der Waals surface area contributed by atoms with Gasteiger partial charge in [-0.3, -0.25) is 4.79 Å². The molecule has 2 fully saturated rings. The molecule has 3 rings (SSSR count). The van der Waals surface area contributed by atoms with Gasteiger partial charge in [-0.05, 0) is 18.9 Å². The molecule has 0 saturated carbocycles. The Labute approximate surface area is 162 Å². The normalized spacial score (nSPS) is 18.8. The Kier molecular flexibility index (Phi) is 10.1. The Morgan fingerprint density at radius 2 is 1.88 bits per heavy atom. The molecule has 0 radical (unpaired) electrons. The molecule has 3 heterocycles. The third-order valence-corrected chi connectivity index (χ3v) is 4.57. The third kappa shape index (κ3) is 6.98. The first-order valence-corrected chi connectivity index (χ1v) is 8.60. The lowest BCUT2D eigenvalue weighted by Gasteiger charge is -2.33. The fourth-order valence-corrected chi connectivity index (χ4v) is 3.16. The van der Waals surface area contributed by atoms with E-state index in [1.165, 1.54) is 0 Å². The molecular weight excluding hydrogens is 363 g/mol. The van der Waals surface area contributed by atoms with E-state index in [1.807, 2.05) is 23.1 Å². The van der Waals surface area contributed by atoms with E-state index >= 15 is 0 Å². The van der Waals surface area contributed by atoms with Gasteiger partial charge in [-0.2, -0.15) is 0 Å². The lowest BCUT2D eigenvalue weighted by Crippen LogP contribution is -2.47. The summed E-state index contributed by atoms with van der Waals surface area (Å²) in [6.07, 6.45) is 4.62. The molecule has 2 aliphatic heterocycles. The Morgan fingerprint density at radius 1 is 1.16 bits per heavy atom. The van der Waals surface area contributed by atoms with Crippen molar-refractivity contribution >= 4 is 30.7 Å². The van der Waals surface area contributed by atoms with Crippen LogP contribution in [-0.4, -0.2) is 72.6 Å². The topological polar surface area (TPSA) is 57.7 Å². The number of pyridine rings is 1. The van der Waals surface area contributed by atoms with Crippen molar-refractivity contribution in [3.05, 3.63) is 24.4 Å². The second-order valence-electron chi connectivity index (χ2n) is 6.21. The molecule has 1 amide bonds. The molecule has 1 aromatic heterocycles. The number of ether oxygens (including phenoxy) is 1. The second-order valence-corrected chi connectivity index (χ2v) is 6.21. The summed E-state index contributed by atoms with van der Waals surface area (Å²) in [5, 5.41) is 3.28. The Hall–Kier alpha value is -1.08. The molecule has 142 valence electrons. The molecule has 0 bridgehead atoms. The van der Waals surface area contributed by atoms with Gasteiger partial charge in [-0.25, -0.2) is 4.98 Å². The van der Waals surface area contributed by atoms with Crippen molar-refractivity contribution in [2.24, 2.45) is 0 Å². The van der Waals surface area contributed by atoms with Gasteiger partial charge in [0, 0.05) is 64.5 Å².